The molecule has 0 saturated carbocycles. The third-order valence-corrected chi connectivity index (χ3v) is 5.38. The van der Waals surface area contributed by atoms with E-state index >= 15 is 0 Å². The minimum absolute atomic E-state index is 0.127. The number of benzene rings is 1. The molecule has 1 saturated heterocycles. The average molecular weight is 368 g/mol. The number of aliphatic imine (C=N–C) groups is 1. The predicted molar refractivity (Wildman–Crippen MR) is 95.6 cm³/mol. The molecule has 2 N–H and O–H groups in total. The summed E-state index contributed by atoms with van der Waals surface area (Å²) in [5.74, 6) is -2.58. The summed E-state index contributed by atoms with van der Waals surface area (Å²) in [5.41, 5.74) is 2.67. The standard InChI is InChI=1S/C18H20ClF2N3O/c1-10-2-5-14-13(6-10)12-4-3-11(19)7-23-17(12)24(14)16-15(25)8-22-9-18(16,20)21/h2,5-7,11,15-16,22,25H,3-4,8-9H2,1H3. The monoisotopic (exact) mass is 367 g/mol. The van der Waals surface area contributed by atoms with Crippen LogP contribution >= 0.6 is 11.6 Å². The van der Waals surface area contributed by atoms with Crippen molar-refractivity contribution in [1.82, 2.24) is 9.88 Å². The van der Waals surface area contributed by atoms with Crippen LogP contribution < -0.4 is 5.32 Å². The summed E-state index contributed by atoms with van der Waals surface area (Å²) in [6.07, 6.45) is 1.79. The number of nitrogens with one attached hydrogen (secondary N) is 1. The van der Waals surface area contributed by atoms with Crippen molar-refractivity contribution >= 4 is 34.5 Å². The van der Waals surface area contributed by atoms with Gasteiger partial charge in [0.15, 0.2) is 0 Å². The van der Waals surface area contributed by atoms with Crippen molar-refractivity contribution in [2.45, 2.75) is 43.2 Å². The number of rotatable bonds is 1. The number of fused-ring (bicyclic) bond motifs is 3. The number of β-amino-alcohol motifs (C(OH)–C–C–N with tert-alkyl or cyclic N) is 1. The van der Waals surface area contributed by atoms with Gasteiger partial charge in [0.2, 0.25) is 0 Å². The molecule has 3 unspecified atom stereocenters. The Labute approximate surface area is 149 Å². The molecule has 1 aromatic carbocycles. The number of halogens is 3. The van der Waals surface area contributed by atoms with Gasteiger partial charge in [0.05, 0.1) is 23.5 Å². The third kappa shape index (κ3) is 2.76. The van der Waals surface area contributed by atoms with Gasteiger partial charge < -0.3 is 15.0 Å². The lowest BCUT2D eigenvalue weighted by Gasteiger charge is -2.37. The molecular formula is C18H20ClF2N3O. The molecule has 3 atom stereocenters. The molecule has 0 amide bonds. The summed E-state index contributed by atoms with van der Waals surface area (Å²) in [5, 5.41) is 13.7. The smallest absolute Gasteiger partial charge is 0.283 e. The van der Waals surface area contributed by atoms with E-state index in [9.17, 15) is 13.9 Å². The Morgan fingerprint density at radius 2 is 2.20 bits per heavy atom. The zero-order valence-corrected chi connectivity index (χ0v) is 14.6. The van der Waals surface area contributed by atoms with E-state index in [0.29, 0.717) is 24.2 Å². The maximum atomic E-state index is 14.7. The minimum atomic E-state index is -3.08. The van der Waals surface area contributed by atoms with E-state index in [4.69, 9.17) is 11.6 Å². The summed E-state index contributed by atoms with van der Waals surface area (Å²) in [6, 6.07) is 4.39. The van der Waals surface area contributed by atoms with Gasteiger partial charge in [0.25, 0.3) is 5.92 Å². The second kappa shape index (κ2) is 6.04. The number of aliphatic hydroxyl groups excluding tert-OH is 1. The van der Waals surface area contributed by atoms with Crippen LogP contribution in [0.15, 0.2) is 23.2 Å². The van der Waals surface area contributed by atoms with E-state index in [1.807, 2.05) is 25.1 Å². The van der Waals surface area contributed by atoms with Gasteiger partial charge in [-0.25, -0.2) is 13.8 Å². The first-order chi connectivity index (χ1) is 11.9. The highest BCUT2D eigenvalue weighted by Gasteiger charge is 2.49. The molecule has 134 valence electrons. The van der Waals surface area contributed by atoms with E-state index < -0.39 is 24.6 Å². The van der Waals surface area contributed by atoms with E-state index in [1.165, 1.54) is 4.57 Å². The molecule has 3 heterocycles. The maximum Gasteiger partial charge on any atom is 0.283 e. The maximum absolute atomic E-state index is 14.7. The van der Waals surface area contributed by atoms with Crippen molar-refractivity contribution < 1.29 is 13.9 Å². The van der Waals surface area contributed by atoms with Crippen LogP contribution in [0.3, 0.4) is 0 Å². The van der Waals surface area contributed by atoms with Crippen molar-refractivity contribution in [2.75, 3.05) is 13.1 Å². The van der Waals surface area contributed by atoms with Crippen LogP contribution in [0.1, 0.15) is 23.6 Å². The molecule has 4 rings (SSSR count). The second-order valence-corrected chi connectivity index (χ2v) is 7.49. The van der Waals surface area contributed by atoms with Crippen molar-refractivity contribution in [3.05, 3.63) is 29.3 Å². The fourth-order valence-corrected chi connectivity index (χ4v) is 4.07. The lowest BCUT2D eigenvalue weighted by molar-refractivity contribution is -0.110. The molecule has 0 spiro atoms. The van der Waals surface area contributed by atoms with Crippen LogP contribution in [0, 0.1) is 6.92 Å². The van der Waals surface area contributed by atoms with Crippen LogP contribution in [-0.4, -0.2) is 46.4 Å². The first-order valence-electron chi connectivity index (χ1n) is 8.47. The van der Waals surface area contributed by atoms with Gasteiger partial charge in [-0.15, -0.1) is 11.6 Å². The van der Waals surface area contributed by atoms with Crippen LogP contribution in [-0.2, 0) is 6.42 Å². The van der Waals surface area contributed by atoms with Gasteiger partial charge in [-0.05, 0) is 31.9 Å². The number of alkyl halides is 3. The first kappa shape index (κ1) is 16.9. The van der Waals surface area contributed by atoms with E-state index in [1.54, 1.807) is 6.21 Å². The lowest BCUT2D eigenvalue weighted by Crippen LogP contribution is -2.54. The summed E-state index contributed by atoms with van der Waals surface area (Å²) < 4.78 is 31.0. The molecule has 0 radical (unpaired) electrons. The summed E-state index contributed by atoms with van der Waals surface area (Å²) in [7, 11) is 0. The van der Waals surface area contributed by atoms with E-state index in [2.05, 4.69) is 10.3 Å². The Bertz CT molecular complexity index is 848. The summed E-state index contributed by atoms with van der Waals surface area (Å²) >= 11 is 6.21. The predicted octanol–water partition coefficient (Wildman–Crippen LogP) is 3.35. The number of aromatic nitrogens is 1. The van der Waals surface area contributed by atoms with Gasteiger partial charge in [0.1, 0.15) is 11.9 Å². The topological polar surface area (TPSA) is 49.5 Å². The van der Waals surface area contributed by atoms with Crippen molar-refractivity contribution in [2.24, 2.45) is 4.99 Å². The second-order valence-electron chi connectivity index (χ2n) is 6.93. The molecule has 0 bridgehead atoms. The molecule has 25 heavy (non-hydrogen) atoms. The minimum Gasteiger partial charge on any atom is -0.389 e. The normalized spacial score (nSPS) is 28.8. The highest BCUT2D eigenvalue weighted by molar-refractivity contribution is 6.28. The number of hydrogen-bond acceptors (Lipinski definition) is 3. The van der Waals surface area contributed by atoms with E-state index in [-0.39, 0.29) is 11.9 Å². The molecule has 1 aromatic heterocycles. The Morgan fingerprint density at radius 1 is 1.40 bits per heavy atom. The molecule has 4 nitrogen and oxygen atoms in total. The quantitative estimate of drug-likeness (QED) is 0.759. The fourth-order valence-electron chi connectivity index (χ4n) is 3.90. The third-order valence-electron chi connectivity index (χ3n) is 5.05. The molecule has 2 aliphatic rings. The summed E-state index contributed by atoms with van der Waals surface area (Å²) in [4.78, 5) is 4.45. The molecule has 7 heteroatoms. The van der Waals surface area contributed by atoms with E-state index in [0.717, 1.165) is 16.5 Å². The number of hydrogen-bond donors (Lipinski definition) is 2. The number of piperidine rings is 1. The fraction of sp³-hybridized carbons (Fsp3) is 0.500. The zero-order chi connectivity index (χ0) is 17.8. The average Bonchev–Trinajstić information content (AvgIpc) is 2.69. The number of aryl methyl sites for hydroxylation is 2. The molecular weight excluding hydrogens is 348 g/mol. The highest BCUT2D eigenvalue weighted by atomic mass is 35.5. The zero-order valence-electron chi connectivity index (χ0n) is 13.8. The van der Waals surface area contributed by atoms with Crippen LogP contribution in [0.4, 0.5) is 14.6 Å². The molecule has 2 aromatic rings. The number of nitrogens with zero attached hydrogens (tertiary/aromatic N) is 2. The largest absolute Gasteiger partial charge is 0.389 e. The Kier molecular flexibility index (Phi) is 4.09. The van der Waals surface area contributed by atoms with Crippen molar-refractivity contribution in [1.29, 1.82) is 0 Å². The Hall–Kier alpha value is -1.50. The van der Waals surface area contributed by atoms with Gasteiger partial charge in [-0.3, -0.25) is 0 Å². The number of aliphatic hydroxyl groups is 1. The van der Waals surface area contributed by atoms with Gasteiger partial charge >= 0.3 is 0 Å². The molecule has 0 aliphatic carbocycles. The molecule has 2 aliphatic heterocycles. The van der Waals surface area contributed by atoms with Crippen molar-refractivity contribution in [3.8, 4) is 0 Å². The van der Waals surface area contributed by atoms with Crippen LogP contribution in [0.25, 0.3) is 10.9 Å². The highest BCUT2D eigenvalue weighted by Crippen LogP contribution is 2.44. The Balaban J connectivity index is 2.01. The van der Waals surface area contributed by atoms with Gasteiger partial charge in [-0.1, -0.05) is 11.6 Å². The summed E-state index contributed by atoms with van der Waals surface area (Å²) in [6.45, 7) is 1.64. The van der Waals surface area contributed by atoms with Crippen molar-refractivity contribution in [3.63, 3.8) is 0 Å². The van der Waals surface area contributed by atoms with Gasteiger partial charge in [0, 0.05) is 23.7 Å². The SMILES string of the molecule is Cc1ccc2c(c1)c1c(n2C2C(O)CNCC2(F)F)N=CC(Cl)CC1. The molecule has 1 fully saturated rings. The Morgan fingerprint density at radius 3 is 2.96 bits per heavy atom. The van der Waals surface area contributed by atoms with Crippen LogP contribution in [0.5, 0.6) is 0 Å². The lowest BCUT2D eigenvalue weighted by atomic mass is 9.99. The van der Waals surface area contributed by atoms with Gasteiger partial charge in [-0.2, -0.15) is 0 Å². The first-order valence-corrected chi connectivity index (χ1v) is 8.90. The van der Waals surface area contributed by atoms with Crippen LogP contribution in [0.2, 0.25) is 0 Å².